The first-order chi connectivity index (χ1) is 11.6. The Labute approximate surface area is 144 Å². The molecule has 0 fully saturated rings. The highest BCUT2D eigenvalue weighted by Crippen LogP contribution is 2.10. The first-order valence-electron chi connectivity index (χ1n) is 7.37. The van der Waals surface area contributed by atoms with Crippen molar-refractivity contribution in [1.29, 1.82) is 0 Å². The van der Waals surface area contributed by atoms with Crippen molar-refractivity contribution in [3.8, 4) is 0 Å². The molecule has 0 saturated heterocycles. The van der Waals surface area contributed by atoms with Gasteiger partial charge in [0.15, 0.2) is 5.11 Å². The summed E-state index contributed by atoms with van der Waals surface area (Å²) in [7, 11) is 0. The number of nitrogens with one attached hydrogen (secondary N) is 2. The van der Waals surface area contributed by atoms with E-state index in [2.05, 4.69) is 20.7 Å². The molecule has 1 aromatic heterocycles. The van der Waals surface area contributed by atoms with Crippen molar-refractivity contribution >= 4 is 29.0 Å². The fourth-order valence-electron chi connectivity index (χ4n) is 2.15. The average molecular weight is 341 g/mol. The van der Waals surface area contributed by atoms with E-state index in [0.717, 1.165) is 11.3 Å². The highest BCUT2D eigenvalue weighted by Gasteiger charge is 2.05. The van der Waals surface area contributed by atoms with Gasteiger partial charge in [-0.05, 0) is 49.0 Å². The van der Waals surface area contributed by atoms with Gasteiger partial charge < -0.3 is 5.32 Å². The fourth-order valence-corrected chi connectivity index (χ4v) is 2.36. The lowest BCUT2D eigenvalue weighted by atomic mass is 10.2. The number of benzene rings is 2. The summed E-state index contributed by atoms with van der Waals surface area (Å²) >= 11 is 5.25. The van der Waals surface area contributed by atoms with Crippen LogP contribution in [-0.4, -0.2) is 19.9 Å². The van der Waals surface area contributed by atoms with E-state index in [-0.39, 0.29) is 5.82 Å². The van der Waals surface area contributed by atoms with Gasteiger partial charge in [-0.3, -0.25) is 5.32 Å². The molecule has 0 saturated carbocycles. The lowest BCUT2D eigenvalue weighted by Crippen LogP contribution is -2.20. The van der Waals surface area contributed by atoms with E-state index in [0.29, 0.717) is 17.6 Å². The molecular weight excluding hydrogens is 325 g/mol. The summed E-state index contributed by atoms with van der Waals surface area (Å²) in [5.41, 5.74) is 2.88. The molecule has 3 rings (SSSR count). The number of aryl methyl sites for hydroxylation is 1. The van der Waals surface area contributed by atoms with E-state index >= 15 is 0 Å². The second-order valence-corrected chi connectivity index (χ2v) is 5.75. The van der Waals surface area contributed by atoms with Gasteiger partial charge in [0.05, 0.1) is 6.54 Å². The van der Waals surface area contributed by atoms with Crippen molar-refractivity contribution in [2.24, 2.45) is 0 Å². The van der Waals surface area contributed by atoms with Crippen molar-refractivity contribution < 1.29 is 4.39 Å². The average Bonchev–Trinajstić information content (AvgIpc) is 2.96. The number of halogens is 1. The minimum atomic E-state index is -0.269. The van der Waals surface area contributed by atoms with Crippen molar-refractivity contribution in [2.45, 2.75) is 13.5 Å². The molecular formula is C17H16FN5S. The van der Waals surface area contributed by atoms with E-state index in [9.17, 15) is 4.39 Å². The quantitative estimate of drug-likeness (QED) is 0.711. The van der Waals surface area contributed by atoms with Crippen molar-refractivity contribution in [1.82, 2.24) is 14.8 Å². The van der Waals surface area contributed by atoms with Crippen LogP contribution in [0.25, 0.3) is 0 Å². The second-order valence-electron chi connectivity index (χ2n) is 5.34. The van der Waals surface area contributed by atoms with Gasteiger partial charge >= 0.3 is 0 Å². The van der Waals surface area contributed by atoms with Gasteiger partial charge in [0.1, 0.15) is 12.1 Å². The molecule has 122 valence electrons. The van der Waals surface area contributed by atoms with E-state index in [1.54, 1.807) is 17.1 Å². The Hall–Kier alpha value is -2.80. The summed E-state index contributed by atoms with van der Waals surface area (Å²) in [5, 5.41) is 10.7. The Morgan fingerprint density at radius 1 is 1.17 bits per heavy atom. The molecule has 5 nitrogen and oxygen atoms in total. The molecule has 0 spiro atoms. The zero-order valence-electron chi connectivity index (χ0n) is 13.0. The maximum Gasteiger partial charge on any atom is 0.248 e. The standard InChI is InChI=1S/C17H16FN5S/c1-12-5-7-15(8-6-12)20-17(24)21-16-19-11-23(22-16)10-13-3-2-4-14(18)9-13/h2-9,11H,10H2,1H3,(H2,20,21,22,24). The third kappa shape index (κ3) is 4.36. The first-order valence-corrected chi connectivity index (χ1v) is 7.78. The predicted octanol–water partition coefficient (Wildman–Crippen LogP) is 3.58. The molecule has 2 N–H and O–H groups in total. The zero-order chi connectivity index (χ0) is 16.9. The van der Waals surface area contributed by atoms with Gasteiger partial charge in [-0.25, -0.2) is 14.1 Å². The predicted molar refractivity (Wildman–Crippen MR) is 96.5 cm³/mol. The number of anilines is 2. The minimum Gasteiger partial charge on any atom is -0.332 e. The van der Waals surface area contributed by atoms with Crippen LogP contribution in [-0.2, 0) is 6.54 Å². The molecule has 0 radical (unpaired) electrons. The number of thiocarbonyl (C=S) groups is 1. The molecule has 0 aliphatic carbocycles. The summed E-state index contributed by atoms with van der Waals surface area (Å²) < 4.78 is 14.8. The SMILES string of the molecule is Cc1ccc(NC(=S)Nc2ncn(Cc3cccc(F)c3)n2)cc1. The maximum atomic E-state index is 13.2. The van der Waals surface area contributed by atoms with Gasteiger partial charge in [-0.15, -0.1) is 5.10 Å². The van der Waals surface area contributed by atoms with Crippen LogP contribution in [0.4, 0.5) is 16.0 Å². The Morgan fingerprint density at radius 3 is 2.71 bits per heavy atom. The molecule has 0 aliphatic heterocycles. The van der Waals surface area contributed by atoms with Crippen LogP contribution in [0.2, 0.25) is 0 Å². The lowest BCUT2D eigenvalue weighted by Gasteiger charge is -2.08. The summed E-state index contributed by atoms with van der Waals surface area (Å²) in [4.78, 5) is 4.15. The first kappa shape index (κ1) is 16.1. The normalized spacial score (nSPS) is 10.4. The third-order valence-corrected chi connectivity index (χ3v) is 3.51. The summed E-state index contributed by atoms with van der Waals surface area (Å²) in [6.45, 7) is 2.46. The van der Waals surface area contributed by atoms with Crippen LogP contribution in [0.15, 0.2) is 54.9 Å². The molecule has 2 aromatic carbocycles. The summed E-state index contributed by atoms with van der Waals surface area (Å²) in [5.74, 6) is 0.116. The van der Waals surface area contributed by atoms with Crippen LogP contribution in [0.3, 0.4) is 0 Å². The van der Waals surface area contributed by atoms with Gasteiger partial charge in [0.2, 0.25) is 5.95 Å². The molecule has 0 bridgehead atoms. The Morgan fingerprint density at radius 2 is 1.96 bits per heavy atom. The summed E-state index contributed by atoms with van der Waals surface area (Å²) in [6.07, 6.45) is 1.57. The number of rotatable bonds is 4. The van der Waals surface area contributed by atoms with Crippen LogP contribution < -0.4 is 10.6 Å². The van der Waals surface area contributed by atoms with Gasteiger partial charge in [-0.2, -0.15) is 0 Å². The molecule has 0 unspecified atom stereocenters. The van der Waals surface area contributed by atoms with E-state index < -0.39 is 0 Å². The molecule has 24 heavy (non-hydrogen) atoms. The van der Waals surface area contributed by atoms with E-state index in [1.807, 2.05) is 37.3 Å². The Kier molecular flexibility index (Phi) is 4.81. The Bertz CT molecular complexity index is 844. The van der Waals surface area contributed by atoms with E-state index in [1.165, 1.54) is 17.7 Å². The number of hydrogen-bond donors (Lipinski definition) is 2. The van der Waals surface area contributed by atoms with E-state index in [4.69, 9.17) is 12.2 Å². The molecule has 7 heteroatoms. The smallest absolute Gasteiger partial charge is 0.248 e. The largest absolute Gasteiger partial charge is 0.332 e. The van der Waals surface area contributed by atoms with Gasteiger partial charge in [-0.1, -0.05) is 29.8 Å². The number of nitrogens with zero attached hydrogens (tertiary/aromatic N) is 3. The molecule has 3 aromatic rings. The van der Waals surface area contributed by atoms with Gasteiger partial charge in [0, 0.05) is 5.69 Å². The molecule has 1 heterocycles. The van der Waals surface area contributed by atoms with Crippen molar-refractivity contribution in [3.63, 3.8) is 0 Å². The highest BCUT2D eigenvalue weighted by molar-refractivity contribution is 7.80. The third-order valence-electron chi connectivity index (χ3n) is 3.30. The minimum absolute atomic E-state index is 0.269. The second kappa shape index (κ2) is 7.18. The number of hydrogen-bond acceptors (Lipinski definition) is 3. The molecule has 0 aliphatic rings. The van der Waals surface area contributed by atoms with Crippen LogP contribution in [0.1, 0.15) is 11.1 Å². The highest BCUT2D eigenvalue weighted by atomic mass is 32.1. The van der Waals surface area contributed by atoms with Crippen molar-refractivity contribution in [3.05, 3.63) is 71.8 Å². The van der Waals surface area contributed by atoms with Crippen LogP contribution in [0, 0.1) is 12.7 Å². The topological polar surface area (TPSA) is 54.8 Å². The van der Waals surface area contributed by atoms with Crippen LogP contribution >= 0.6 is 12.2 Å². The zero-order valence-corrected chi connectivity index (χ0v) is 13.8. The monoisotopic (exact) mass is 341 g/mol. The Balaban J connectivity index is 1.59. The van der Waals surface area contributed by atoms with Crippen molar-refractivity contribution in [2.75, 3.05) is 10.6 Å². The maximum absolute atomic E-state index is 13.2. The summed E-state index contributed by atoms with van der Waals surface area (Å²) in [6, 6.07) is 14.3. The van der Waals surface area contributed by atoms with Crippen LogP contribution in [0.5, 0.6) is 0 Å². The van der Waals surface area contributed by atoms with Gasteiger partial charge in [0.25, 0.3) is 0 Å². The fraction of sp³-hybridized carbons (Fsp3) is 0.118. The molecule has 0 amide bonds. The molecule has 0 atom stereocenters. The number of aromatic nitrogens is 3. The lowest BCUT2D eigenvalue weighted by molar-refractivity contribution is 0.619.